The van der Waals surface area contributed by atoms with Crippen LogP contribution in [-0.2, 0) is 26.1 Å². The normalized spacial score (nSPS) is 12.9. The van der Waals surface area contributed by atoms with E-state index in [2.05, 4.69) is 10.1 Å². The van der Waals surface area contributed by atoms with Gasteiger partial charge in [0, 0.05) is 18.7 Å². The Morgan fingerprint density at radius 1 is 0.953 bits per heavy atom. The zero-order valence-electron chi connectivity index (χ0n) is 23.9. The van der Waals surface area contributed by atoms with Crippen LogP contribution >= 0.6 is 0 Å². The Balaban J connectivity index is 1.72. The summed E-state index contributed by atoms with van der Waals surface area (Å²) >= 11 is 0. The third-order valence-corrected chi connectivity index (χ3v) is 8.96. The Kier molecular flexibility index (Phi) is 9.53. The molecule has 3 N–H and O–H groups in total. The lowest BCUT2D eigenvalue weighted by Crippen LogP contribution is -2.54. The summed E-state index contributed by atoms with van der Waals surface area (Å²) in [6.07, 6.45) is 0. The number of carbonyl (C=O) groups is 3. The number of fused-ring (bicyclic) bond motifs is 1. The Morgan fingerprint density at radius 2 is 1.58 bits per heavy atom. The molecular formula is C29H31N3O10S. The van der Waals surface area contributed by atoms with E-state index in [0.29, 0.717) is 33.9 Å². The Labute approximate surface area is 248 Å². The molecule has 0 bridgehead atoms. The third kappa shape index (κ3) is 6.71. The van der Waals surface area contributed by atoms with E-state index in [1.807, 2.05) is 0 Å². The fourth-order valence-electron chi connectivity index (χ4n) is 4.70. The minimum absolute atomic E-state index is 0.00716. The highest BCUT2D eigenvalue weighted by molar-refractivity contribution is 7.89. The van der Waals surface area contributed by atoms with E-state index in [4.69, 9.17) is 14.2 Å². The van der Waals surface area contributed by atoms with Crippen molar-refractivity contribution < 1.29 is 47.0 Å². The first kappa shape index (κ1) is 31.3. The average Bonchev–Trinajstić information content (AvgIpc) is 3.47. The van der Waals surface area contributed by atoms with Crippen LogP contribution < -0.4 is 25.0 Å². The fraction of sp³-hybridized carbons (Fsp3) is 0.276. The molecule has 1 aliphatic rings. The van der Waals surface area contributed by atoms with E-state index in [-0.39, 0.29) is 29.4 Å². The van der Waals surface area contributed by atoms with Gasteiger partial charge in [-0.3, -0.25) is 14.8 Å². The van der Waals surface area contributed by atoms with E-state index in [1.165, 1.54) is 44.0 Å². The molecule has 1 aliphatic heterocycles. The number of methoxy groups -OCH3 is 2. The highest BCUT2D eigenvalue weighted by Crippen LogP contribution is 2.35. The lowest BCUT2D eigenvalue weighted by Gasteiger charge is -2.31. The van der Waals surface area contributed by atoms with Crippen molar-refractivity contribution in [3.05, 3.63) is 82.4 Å². The zero-order chi connectivity index (χ0) is 31.3. The number of hydrogen-bond acceptors (Lipinski definition) is 10. The van der Waals surface area contributed by atoms with Crippen LogP contribution in [0.25, 0.3) is 0 Å². The number of sulfonamides is 1. The first-order valence-electron chi connectivity index (χ1n) is 13.0. The highest BCUT2D eigenvalue weighted by atomic mass is 32.2. The Hall–Kier alpha value is -4.66. The maximum atomic E-state index is 14.3. The van der Waals surface area contributed by atoms with Crippen molar-refractivity contribution in [3.8, 4) is 17.2 Å². The molecule has 43 heavy (non-hydrogen) atoms. The number of esters is 1. The van der Waals surface area contributed by atoms with Gasteiger partial charge in [-0.1, -0.05) is 6.07 Å². The number of ether oxygens (including phenoxy) is 4. The molecule has 4 rings (SSSR count). The summed E-state index contributed by atoms with van der Waals surface area (Å²) in [7, 11) is -1.76. The van der Waals surface area contributed by atoms with Crippen molar-refractivity contribution >= 4 is 27.8 Å². The SMILES string of the molecule is COC(=O)c1ccc(C(=O)NC[C@H](C(=O)NO)N(Cc2ccc3c(c2)OCO3)S(=O)(=O)c2c(C)cc(OC)cc2C)cc1. The second-order valence-corrected chi connectivity index (χ2v) is 11.4. The number of amides is 2. The van der Waals surface area contributed by atoms with E-state index in [9.17, 15) is 28.0 Å². The quantitative estimate of drug-likeness (QED) is 0.166. The molecule has 0 unspecified atom stereocenters. The topological polar surface area (TPSA) is 170 Å². The van der Waals surface area contributed by atoms with Crippen molar-refractivity contribution in [2.24, 2.45) is 0 Å². The van der Waals surface area contributed by atoms with Crippen LogP contribution in [0.1, 0.15) is 37.4 Å². The summed E-state index contributed by atoms with van der Waals surface area (Å²) in [6, 6.07) is 11.9. The molecule has 0 aliphatic carbocycles. The maximum absolute atomic E-state index is 14.3. The van der Waals surface area contributed by atoms with Crippen LogP contribution in [0.2, 0.25) is 0 Å². The van der Waals surface area contributed by atoms with Gasteiger partial charge in [-0.05, 0) is 79.1 Å². The molecule has 0 aromatic heterocycles. The van der Waals surface area contributed by atoms with Gasteiger partial charge in [0.25, 0.3) is 11.8 Å². The van der Waals surface area contributed by atoms with E-state index < -0.39 is 40.4 Å². The standard InChI is InChI=1S/C29H31N3O10S/c1-17-11-22(39-3)12-18(2)26(17)43(37,38)32(15-19-5-10-24-25(13-19)42-16-41-24)23(28(34)31-36)14-30-27(33)20-6-8-21(9-7-20)29(35)40-4/h5-13,23,36H,14-16H2,1-4H3,(H,30,33)(H,31,34)/t23-/m1/s1. The van der Waals surface area contributed by atoms with Crippen LogP contribution in [-0.4, -0.2) is 69.3 Å². The lowest BCUT2D eigenvalue weighted by atomic mass is 10.1. The first-order valence-corrected chi connectivity index (χ1v) is 14.4. The predicted octanol–water partition coefficient (Wildman–Crippen LogP) is 2.32. The van der Waals surface area contributed by atoms with E-state index >= 15 is 0 Å². The molecule has 228 valence electrons. The molecule has 0 radical (unpaired) electrons. The number of hydroxylamine groups is 1. The third-order valence-electron chi connectivity index (χ3n) is 6.80. The van der Waals surface area contributed by atoms with Crippen LogP contribution in [0.15, 0.2) is 59.5 Å². The van der Waals surface area contributed by atoms with Crippen molar-refractivity contribution in [2.45, 2.75) is 31.3 Å². The number of hydrogen-bond donors (Lipinski definition) is 3. The number of rotatable bonds is 11. The van der Waals surface area contributed by atoms with Gasteiger partial charge in [-0.25, -0.2) is 18.7 Å². The van der Waals surface area contributed by atoms with Crippen LogP contribution in [0.4, 0.5) is 0 Å². The van der Waals surface area contributed by atoms with Crippen LogP contribution in [0.3, 0.4) is 0 Å². The smallest absolute Gasteiger partial charge is 0.337 e. The highest BCUT2D eigenvalue weighted by Gasteiger charge is 2.38. The number of aryl methyl sites for hydroxylation is 2. The molecule has 3 aromatic rings. The second-order valence-electron chi connectivity index (χ2n) is 9.60. The van der Waals surface area contributed by atoms with Gasteiger partial charge in [-0.15, -0.1) is 0 Å². The fourth-order valence-corrected chi connectivity index (χ4v) is 6.69. The molecule has 1 atom stereocenters. The summed E-state index contributed by atoms with van der Waals surface area (Å²) < 4.78 is 50.3. The van der Waals surface area contributed by atoms with Gasteiger partial charge >= 0.3 is 5.97 Å². The summed E-state index contributed by atoms with van der Waals surface area (Å²) in [5, 5.41) is 12.2. The summed E-state index contributed by atoms with van der Waals surface area (Å²) in [6.45, 7) is 2.37. The van der Waals surface area contributed by atoms with E-state index in [1.54, 1.807) is 44.2 Å². The molecule has 0 spiro atoms. The minimum Gasteiger partial charge on any atom is -0.497 e. The van der Waals surface area contributed by atoms with Gasteiger partial charge in [0.1, 0.15) is 11.8 Å². The van der Waals surface area contributed by atoms with Gasteiger partial charge in [0.05, 0.1) is 24.7 Å². The number of carbonyl (C=O) groups excluding carboxylic acids is 3. The number of nitrogens with one attached hydrogen (secondary N) is 2. The molecule has 3 aromatic carbocycles. The average molecular weight is 614 g/mol. The van der Waals surface area contributed by atoms with Crippen molar-refractivity contribution in [2.75, 3.05) is 27.6 Å². The number of nitrogens with zero attached hydrogens (tertiary/aromatic N) is 1. The van der Waals surface area contributed by atoms with Gasteiger partial charge < -0.3 is 24.3 Å². The molecule has 13 nitrogen and oxygen atoms in total. The van der Waals surface area contributed by atoms with Gasteiger partial charge in [0.15, 0.2) is 11.5 Å². The van der Waals surface area contributed by atoms with Crippen molar-refractivity contribution in [1.29, 1.82) is 0 Å². The summed E-state index contributed by atoms with van der Waals surface area (Å²) in [4.78, 5) is 37.7. The Morgan fingerprint density at radius 3 is 2.19 bits per heavy atom. The monoisotopic (exact) mass is 613 g/mol. The molecule has 2 amide bonds. The van der Waals surface area contributed by atoms with Gasteiger partial charge in [-0.2, -0.15) is 4.31 Å². The largest absolute Gasteiger partial charge is 0.497 e. The van der Waals surface area contributed by atoms with Gasteiger partial charge in [0.2, 0.25) is 16.8 Å². The number of benzene rings is 3. The van der Waals surface area contributed by atoms with Crippen LogP contribution in [0.5, 0.6) is 17.2 Å². The summed E-state index contributed by atoms with van der Waals surface area (Å²) in [5.41, 5.74) is 3.08. The van der Waals surface area contributed by atoms with Crippen molar-refractivity contribution in [3.63, 3.8) is 0 Å². The maximum Gasteiger partial charge on any atom is 0.337 e. The molecule has 0 saturated carbocycles. The molecule has 14 heteroatoms. The summed E-state index contributed by atoms with van der Waals surface area (Å²) in [5.74, 6) is -0.973. The lowest BCUT2D eigenvalue weighted by molar-refractivity contribution is -0.133. The molecule has 1 heterocycles. The Bertz CT molecular complexity index is 1620. The molecule has 0 fully saturated rings. The predicted molar refractivity (Wildman–Crippen MR) is 152 cm³/mol. The van der Waals surface area contributed by atoms with Crippen LogP contribution in [0, 0.1) is 13.8 Å². The molecule has 0 saturated heterocycles. The molecular weight excluding hydrogens is 582 g/mol. The second kappa shape index (κ2) is 13.1. The van der Waals surface area contributed by atoms with Crippen molar-refractivity contribution in [1.82, 2.24) is 15.1 Å². The zero-order valence-corrected chi connectivity index (χ0v) is 24.7. The first-order chi connectivity index (χ1) is 20.5. The van der Waals surface area contributed by atoms with E-state index in [0.717, 1.165) is 4.31 Å². The minimum atomic E-state index is -4.45.